The summed E-state index contributed by atoms with van der Waals surface area (Å²) in [6.45, 7) is 2.35. The third-order valence-corrected chi connectivity index (χ3v) is 5.37. The lowest BCUT2D eigenvalue weighted by atomic mass is 10.1. The van der Waals surface area contributed by atoms with Crippen LogP contribution in [0.5, 0.6) is 0 Å². The molecule has 1 aromatic heterocycles. The standard InChI is InChI=1S/C27H21ClN4O/c1-19-7-9-20(10-8-19)17-30-27(33)22(16-29)15-23-18-32(25-5-3-2-4-6-25)31-26(23)21-11-13-24(28)14-12-21/h2-15,18H,17H2,1H3,(H,30,33)/b22-15-. The molecule has 4 aromatic rings. The lowest BCUT2D eigenvalue weighted by Gasteiger charge is -2.05. The third-order valence-electron chi connectivity index (χ3n) is 5.12. The first-order chi connectivity index (χ1) is 16.0. The Bertz CT molecular complexity index is 1330. The maximum Gasteiger partial charge on any atom is 0.262 e. The third kappa shape index (κ3) is 5.38. The molecule has 6 heteroatoms. The number of aryl methyl sites for hydroxylation is 1. The highest BCUT2D eigenvalue weighted by Crippen LogP contribution is 2.27. The first-order valence-electron chi connectivity index (χ1n) is 10.4. The minimum absolute atomic E-state index is 0.00457. The number of hydrogen-bond acceptors (Lipinski definition) is 3. The summed E-state index contributed by atoms with van der Waals surface area (Å²) >= 11 is 6.05. The van der Waals surface area contributed by atoms with E-state index in [1.807, 2.05) is 85.9 Å². The van der Waals surface area contributed by atoms with Crippen LogP contribution in [0.4, 0.5) is 0 Å². The van der Waals surface area contributed by atoms with Crippen LogP contribution < -0.4 is 5.32 Å². The van der Waals surface area contributed by atoms with E-state index in [0.29, 0.717) is 22.8 Å². The van der Waals surface area contributed by atoms with E-state index < -0.39 is 5.91 Å². The van der Waals surface area contributed by atoms with Crippen LogP contribution in [0.3, 0.4) is 0 Å². The molecule has 0 aliphatic carbocycles. The second-order valence-electron chi connectivity index (χ2n) is 7.56. The molecule has 162 valence electrons. The van der Waals surface area contributed by atoms with Crippen LogP contribution >= 0.6 is 11.6 Å². The van der Waals surface area contributed by atoms with E-state index in [0.717, 1.165) is 22.4 Å². The zero-order valence-electron chi connectivity index (χ0n) is 18.0. The predicted molar refractivity (Wildman–Crippen MR) is 131 cm³/mol. The molecule has 4 rings (SSSR count). The number of hydrogen-bond donors (Lipinski definition) is 1. The van der Waals surface area contributed by atoms with Gasteiger partial charge in [-0.15, -0.1) is 0 Å². The highest BCUT2D eigenvalue weighted by molar-refractivity contribution is 6.30. The quantitative estimate of drug-likeness (QED) is 0.300. The molecule has 0 aliphatic heterocycles. The van der Waals surface area contributed by atoms with Crippen LogP contribution in [-0.4, -0.2) is 15.7 Å². The molecule has 0 radical (unpaired) electrons. The van der Waals surface area contributed by atoms with E-state index in [-0.39, 0.29) is 5.57 Å². The SMILES string of the molecule is Cc1ccc(CNC(=O)/C(C#N)=C\c2cn(-c3ccccc3)nc2-c2ccc(Cl)cc2)cc1. The van der Waals surface area contributed by atoms with Crippen LogP contribution in [0.25, 0.3) is 23.0 Å². The van der Waals surface area contributed by atoms with Crippen molar-refractivity contribution in [2.75, 3.05) is 0 Å². The van der Waals surface area contributed by atoms with E-state index in [1.165, 1.54) is 0 Å². The van der Waals surface area contributed by atoms with Crippen LogP contribution in [-0.2, 0) is 11.3 Å². The van der Waals surface area contributed by atoms with E-state index in [9.17, 15) is 10.1 Å². The molecular weight excluding hydrogens is 432 g/mol. The largest absolute Gasteiger partial charge is 0.347 e. The smallest absolute Gasteiger partial charge is 0.262 e. The number of nitrogens with one attached hydrogen (secondary N) is 1. The Labute approximate surface area is 197 Å². The zero-order chi connectivity index (χ0) is 23.2. The number of nitrogens with zero attached hydrogens (tertiary/aromatic N) is 3. The molecular formula is C27H21ClN4O. The second-order valence-corrected chi connectivity index (χ2v) is 7.99. The van der Waals surface area contributed by atoms with Crippen LogP contribution in [0.15, 0.2) is 90.6 Å². The Morgan fingerprint density at radius 3 is 2.42 bits per heavy atom. The molecule has 0 saturated carbocycles. The van der Waals surface area contributed by atoms with Gasteiger partial charge in [-0.3, -0.25) is 4.79 Å². The van der Waals surface area contributed by atoms with Crippen LogP contribution in [0.1, 0.15) is 16.7 Å². The van der Waals surface area contributed by atoms with Gasteiger partial charge in [0.2, 0.25) is 0 Å². The van der Waals surface area contributed by atoms with Crippen molar-refractivity contribution >= 4 is 23.6 Å². The first-order valence-corrected chi connectivity index (χ1v) is 10.8. The van der Waals surface area contributed by atoms with Gasteiger partial charge in [0.25, 0.3) is 5.91 Å². The number of nitriles is 1. The summed E-state index contributed by atoms with van der Waals surface area (Å²) in [5.41, 5.74) is 5.12. The number of halogens is 1. The number of benzene rings is 3. The molecule has 33 heavy (non-hydrogen) atoms. The van der Waals surface area contributed by atoms with Gasteiger partial charge in [-0.25, -0.2) is 4.68 Å². The molecule has 3 aromatic carbocycles. The number of amides is 1. The van der Waals surface area contributed by atoms with Gasteiger partial charge in [-0.1, -0.05) is 71.8 Å². The number of carbonyl (C=O) groups is 1. The number of carbonyl (C=O) groups excluding carboxylic acids is 1. The fraction of sp³-hybridized carbons (Fsp3) is 0.0741. The Balaban J connectivity index is 1.66. The molecule has 0 unspecified atom stereocenters. The topological polar surface area (TPSA) is 70.7 Å². The zero-order valence-corrected chi connectivity index (χ0v) is 18.8. The molecule has 1 N–H and O–H groups in total. The summed E-state index contributed by atoms with van der Waals surface area (Å²) in [7, 11) is 0. The first kappa shape index (κ1) is 22.1. The van der Waals surface area contributed by atoms with Crippen molar-refractivity contribution < 1.29 is 4.79 Å². The summed E-state index contributed by atoms with van der Waals surface area (Å²) < 4.78 is 1.73. The maximum absolute atomic E-state index is 12.7. The van der Waals surface area contributed by atoms with Crippen molar-refractivity contribution in [3.63, 3.8) is 0 Å². The van der Waals surface area contributed by atoms with Crippen molar-refractivity contribution in [2.45, 2.75) is 13.5 Å². The van der Waals surface area contributed by atoms with Gasteiger partial charge in [0.1, 0.15) is 11.6 Å². The normalized spacial score (nSPS) is 11.1. The van der Waals surface area contributed by atoms with Crippen molar-refractivity contribution in [2.24, 2.45) is 0 Å². The molecule has 0 saturated heterocycles. The summed E-state index contributed by atoms with van der Waals surface area (Å²) in [5, 5.41) is 17.8. The fourth-order valence-corrected chi connectivity index (χ4v) is 3.45. The molecule has 0 spiro atoms. The molecule has 0 bridgehead atoms. The Morgan fingerprint density at radius 2 is 1.76 bits per heavy atom. The molecule has 5 nitrogen and oxygen atoms in total. The molecule has 1 heterocycles. The number of aromatic nitrogens is 2. The lowest BCUT2D eigenvalue weighted by molar-refractivity contribution is -0.117. The van der Waals surface area contributed by atoms with Crippen molar-refractivity contribution in [1.29, 1.82) is 5.26 Å². The second kappa shape index (κ2) is 9.99. The Morgan fingerprint density at radius 1 is 1.06 bits per heavy atom. The Hall–Kier alpha value is -4.14. The van der Waals surface area contributed by atoms with Crippen LogP contribution in [0.2, 0.25) is 5.02 Å². The molecule has 1 amide bonds. The maximum atomic E-state index is 12.7. The van der Waals surface area contributed by atoms with E-state index in [1.54, 1.807) is 22.9 Å². The summed E-state index contributed by atoms with van der Waals surface area (Å²) in [6.07, 6.45) is 3.38. The predicted octanol–water partition coefficient (Wildman–Crippen LogP) is 5.72. The van der Waals surface area contributed by atoms with Gasteiger partial charge in [0.15, 0.2) is 0 Å². The van der Waals surface area contributed by atoms with Gasteiger partial charge >= 0.3 is 0 Å². The van der Waals surface area contributed by atoms with Gasteiger partial charge in [0, 0.05) is 28.9 Å². The average Bonchev–Trinajstić information content (AvgIpc) is 3.27. The summed E-state index contributed by atoms with van der Waals surface area (Å²) in [6, 6.07) is 26.8. The summed E-state index contributed by atoms with van der Waals surface area (Å²) in [4.78, 5) is 12.7. The van der Waals surface area contributed by atoms with Gasteiger partial charge < -0.3 is 5.32 Å². The minimum Gasteiger partial charge on any atom is -0.347 e. The monoisotopic (exact) mass is 452 g/mol. The van der Waals surface area contributed by atoms with E-state index >= 15 is 0 Å². The number of rotatable bonds is 6. The average molecular weight is 453 g/mol. The highest BCUT2D eigenvalue weighted by atomic mass is 35.5. The van der Waals surface area contributed by atoms with Gasteiger partial charge in [0.05, 0.1) is 11.4 Å². The fourth-order valence-electron chi connectivity index (χ4n) is 3.33. The molecule has 0 aliphatic rings. The number of para-hydroxylation sites is 1. The molecule has 0 fully saturated rings. The minimum atomic E-state index is -0.437. The molecule has 0 atom stereocenters. The van der Waals surface area contributed by atoms with Crippen molar-refractivity contribution in [1.82, 2.24) is 15.1 Å². The van der Waals surface area contributed by atoms with Crippen molar-refractivity contribution in [3.8, 4) is 23.0 Å². The van der Waals surface area contributed by atoms with Crippen molar-refractivity contribution in [3.05, 3.63) is 112 Å². The summed E-state index contributed by atoms with van der Waals surface area (Å²) in [5.74, 6) is -0.437. The van der Waals surface area contributed by atoms with E-state index in [4.69, 9.17) is 16.7 Å². The van der Waals surface area contributed by atoms with E-state index in [2.05, 4.69) is 5.32 Å². The van der Waals surface area contributed by atoms with Crippen LogP contribution in [0, 0.1) is 18.3 Å². The van der Waals surface area contributed by atoms with Gasteiger partial charge in [-0.05, 0) is 42.8 Å². The van der Waals surface area contributed by atoms with Gasteiger partial charge in [-0.2, -0.15) is 10.4 Å². The Kier molecular flexibility index (Phi) is 6.68. The lowest BCUT2D eigenvalue weighted by Crippen LogP contribution is -2.23. The highest BCUT2D eigenvalue weighted by Gasteiger charge is 2.15.